The summed E-state index contributed by atoms with van der Waals surface area (Å²) in [6.07, 6.45) is 3.47. The second kappa shape index (κ2) is 7.61. The Morgan fingerprint density at radius 2 is 2.11 bits per heavy atom. The summed E-state index contributed by atoms with van der Waals surface area (Å²) in [7, 11) is 0. The standard InChI is InChI=1S/C16H24N2S/c1-3-17-13-14-6-7-15-8-10-18(16(15)12-14)9-5-11-19-4-2/h6-8,10,12,17H,3-5,9,11,13H2,1-2H3. The number of rotatable bonds is 8. The Morgan fingerprint density at radius 1 is 1.21 bits per heavy atom. The highest BCUT2D eigenvalue weighted by Crippen LogP contribution is 2.18. The van der Waals surface area contributed by atoms with Gasteiger partial charge in [0.2, 0.25) is 0 Å². The van der Waals surface area contributed by atoms with Gasteiger partial charge >= 0.3 is 0 Å². The number of benzene rings is 1. The molecule has 2 nitrogen and oxygen atoms in total. The molecule has 1 heterocycles. The fourth-order valence-corrected chi connectivity index (χ4v) is 2.91. The molecule has 0 atom stereocenters. The topological polar surface area (TPSA) is 17.0 Å². The van der Waals surface area contributed by atoms with E-state index in [0.29, 0.717) is 0 Å². The SMILES string of the molecule is CCNCc1ccc2ccn(CCCSCC)c2c1. The van der Waals surface area contributed by atoms with Crippen LogP contribution in [0.5, 0.6) is 0 Å². The van der Waals surface area contributed by atoms with Crippen molar-refractivity contribution in [1.29, 1.82) is 0 Å². The van der Waals surface area contributed by atoms with E-state index in [0.717, 1.165) is 19.6 Å². The van der Waals surface area contributed by atoms with E-state index in [9.17, 15) is 0 Å². The maximum atomic E-state index is 3.39. The summed E-state index contributed by atoms with van der Waals surface area (Å²) in [6, 6.07) is 9.01. The number of nitrogens with zero attached hydrogens (tertiary/aromatic N) is 1. The minimum atomic E-state index is 0.962. The van der Waals surface area contributed by atoms with Crippen molar-refractivity contribution in [1.82, 2.24) is 9.88 Å². The zero-order chi connectivity index (χ0) is 13.5. The Morgan fingerprint density at radius 3 is 2.89 bits per heavy atom. The maximum Gasteiger partial charge on any atom is 0.0483 e. The molecule has 0 aliphatic rings. The number of aryl methyl sites for hydroxylation is 1. The monoisotopic (exact) mass is 276 g/mol. The van der Waals surface area contributed by atoms with Gasteiger partial charge in [-0.2, -0.15) is 11.8 Å². The molecule has 0 spiro atoms. The molecule has 1 N–H and O–H groups in total. The van der Waals surface area contributed by atoms with E-state index in [4.69, 9.17) is 0 Å². The van der Waals surface area contributed by atoms with E-state index in [1.54, 1.807) is 0 Å². The first kappa shape index (κ1) is 14.5. The molecule has 1 aromatic heterocycles. The summed E-state index contributed by atoms with van der Waals surface area (Å²) >= 11 is 2.03. The van der Waals surface area contributed by atoms with Crippen LogP contribution in [0.25, 0.3) is 10.9 Å². The van der Waals surface area contributed by atoms with Crippen LogP contribution in [0, 0.1) is 0 Å². The molecule has 0 bridgehead atoms. The number of thioether (sulfide) groups is 1. The zero-order valence-electron chi connectivity index (χ0n) is 12.0. The maximum absolute atomic E-state index is 3.39. The fourth-order valence-electron chi connectivity index (χ4n) is 2.29. The molecule has 19 heavy (non-hydrogen) atoms. The molecule has 2 aromatic rings. The van der Waals surface area contributed by atoms with Gasteiger partial charge in [0.15, 0.2) is 0 Å². The van der Waals surface area contributed by atoms with Crippen molar-refractivity contribution in [2.45, 2.75) is 33.4 Å². The van der Waals surface area contributed by atoms with Gasteiger partial charge in [-0.1, -0.05) is 26.0 Å². The largest absolute Gasteiger partial charge is 0.347 e. The molecule has 3 heteroatoms. The Labute approximate surface area is 120 Å². The second-order valence-electron chi connectivity index (χ2n) is 4.73. The van der Waals surface area contributed by atoms with Crippen LogP contribution in [0.3, 0.4) is 0 Å². The van der Waals surface area contributed by atoms with Crippen molar-refractivity contribution in [3.05, 3.63) is 36.0 Å². The third-order valence-electron chi connectivity index (χ3n) is 3.31. The van der Waals surface area contributed by atoms with E-state index in [2.05, 4.69) is 54.2 Å². The quantitative estimate of drug-likeness (QED) is 0.737. The molecular formula is C16H24N2S. The minimum absolute atomic E-state index is 0.962. The minimum Gasteiger partial charge on any atom is -0.347 e. The number of aromatic nitrogens is 1. The summed E-state index contributed by atoms with van der Waals surface area (Å²) in [5.74, 6) is 2.48. The number of nitrogens with one attached hydrogen (secondary N) is 1. The summed E-state index contributed by atoms with van der Waals surface area (Å²) in [4.78, 5) is 0. The highest BCUT2D eigenvalue weighted by molar-refractivity contribution is 7.99. The molecule has 0 amide bonds. The lowest BCUT2D eigenvalue weighted by Gasteiger charge is -2.07. The third-order valence-corrected chi connectivity index (χ3v) is 4.29. The number of fused-ring (bicyclic) bond motifs is 1. The Hall–Kier alpha value is -0.930. The van der Waals surface area contributed by atoms with Crippen molar-refractivity contribution in [3.8, 4) is 0 Å². The molecule has 0 unspecified atom stereocenters. The lowest BCUT2D eigenvalue weighted by Crippen LogP contribution is -2.11. The van der Waals surface area contributed by atoms with Crippen LogP contribution in [-0.2, 0) is 13.1 Å². The highest BCUT2D eigenvalue weighted by Gasteiger charge is 2.02. The van der Waals surface area contributed by atoms with Gasteiger partial charge in [-0.3, -0.25) is 0 Å². The molecule has 0 radical (unpaired) electrons. The van der Waals surface area contributed by atoms with E-state index in [-0.39, 0.29) is 0 Å². The lowest BCUT2D eigenvalue weighted by atomic mass is 10.1. The smallest absolute Gasteiger partial charge is 0.0483 e. The van der Waals surface area contributed by atoms with Gasteiger partial charge in [0.1, 0.15) is 0 Å². The molecule has 0 aliphatic carbocycles. The average Bonchev–Trinajstić information content (AvgIpc) is 2.84. The predicted octanol–water partition coefficient (Wildman–Crippen LogP) is 3.89. The lowest BCUT2D eigenvalue weighted by molar-refractivity contribution is 0.706. The van der Waals surface area contributed by atoms with Crippen molar-refractivity contribution >= 4 is 22.7 Å². The van der Waals surface area contributed by atoms with Gasteiger partial charge in [-0.15, -0.1) is 0 Å². The van der Waals surface area contributed by atoms with E-state index < -0.39 is 0 Å². The molecule has 0 saturated carbocycles. The van der Waals surface area contributed by atoms with Gasteiger partial charge in [-0.25, -0.2) is 0 Å². The Kier molecular flexibility index (Phi) is 5.80. The zero-order valence-corrected chi connectivity index (χ0v) is 12.8. The van der Waals surface area contributed by atoms with Crippen molar-refractivity contribution in [2.75, 3.05) is 18.1 Å². The molecule has 0 saturated heterocycles. The van der Waals surface area contributed by atoms with Crippen LogP contribution < -0.4 is 5.32 Å². The van der Waals surface area contributed by atoms with Crippen molar-refractivity contribution < 1.29 is 0 Å². The fraction of sp³-hybridized carbons (Fsp3) is 0.500. The van der Waals surface area contributed by atoms with Crippen LogP contribution >= 0.6 is 11.8 Å². The number of hydrogen-bond acceptors (Lipinski definition) is 2. The molecule has 0 fully saturated rings. The van der Waals surface area contributed by atoms with Crippen molar-refractivity contribution in [2.24, 2.45) is 0 Å². The normalized spacial score (nSPS) is 11.3. The molecule has 2 rings (SSSR count). The molecule has 0 aliphatic heterocycles. The van der Waals surface area contributed by atoms with Crippen LogP contribution in [0.15, 0.2) is 30.5 Å². The van der Waals surface area contributed by atoms with E-state index in [1.807, 2.05) is 11.8 Å². The first-order valence-electron chi connectivity index (χ1n) is 7.21. The summed E-state index contributed by atoms with van der Waals surface area (Å²) in [5, 5.41) is 4.74. The van der Waals surface area contributed by atoms with E-state index >= 15 is 0 Å². The van der Waals surface area contributed by atoms with Crippen LogP contribution in [0.2, 0.25) is 0 Å². The van der Waals surface area contributed by atoms with Crippen LogP contribution in [0.4, 0.5) is 0 Å². The summed E-state index contributed by atoms with van der Waals surface area (Å²) < 4.78 is 2.39. The van der Waals surface area contributed by atoms with E-state index in [1.165, 1.54) is 34.4 Å². The van der Waals surface area contributed by atoms with Crippen molar-refractivity contribution in [3.63, 3.8) is 0 Å². The van der Waals surface area contributed by atoms with Gasteiger partial charge < -0.3 is 9.88 Å². The van der Waals surface area contributed by atoms with Gasteiger partial charge in [0, 0.05) is 24.8 Å². The van der Waals surface area contributed by atoms with Crippen LogP contribution in [0.1, 0.15) is 25.8 Å². The molecular weight excluding hydrogens is 252 g/mol. The predicted molar refractivity (Wildman–Crippen MR) is 86.9 cm³/mol. The average molecular weight is 276 g/mol. The first-order valence-corrected chi connectivity index (χ1v) is 8.37. The molecule has 1 aromatic carbocycles. The van der Waals surface area contributed by atoms with Crippen LogP contribution in [-0.4, -0.2) is 22.6 Å². The highest BCUT2D eigenvalue weighted by atomic mass is 32.2. The second-order valence-corrected chi connectivity index (χ2v) is 6.13. The first-order chi connectivity index (χ1) is 9.35. The van der Waals surface area contributed by atoms with Gasteiger partial charge in [-0.05, 0) is 47.6 Å². The Balaban J connectivity index is 2.06. The Bertz CT molecular complexity index is 504. The van der Waals surface area contributed by atoms with Gasteiger partial charge in [0.05, 0.1) is 0 Å². The third kappa shape index (κ3) is 4.02. The number of hydrogen-bond donors (Lipinski definition) is 1. The molecule has 104 valence electrons. The summed E-state index contributed by atoms with van der Waals surface area (Å²) in [5.41, 5.74) is 2.74. The summed E-state index contributed by atoms with van der Waals surface area (Å²) in [6.45, 7) is 7.48. The van der Waals surface area contributed by atoms with Gasteiger partial charge in [0.25, 0.3) is 0 Å².